The van der Waals surface area contributed by atoms with Crippen LogP contribution in [0.15, 0.2) is 54.9 Å². The molecule has 2 aromatic carbocycles. The summed E-state index contributed by atoms with van der Waals surface area (Å²) >= 11 is 0. The van der Waals surface area contributed by atoms with Crippen molar-refractivity contribution in [3.63, 3.8) is 0 Å². The first kappa shape index (κ1) is 16.9. The molecule has 0 saturated heterocycles. The summed E-state index contributed by atoms with van der Waals surface area (Å²) in [5.74, 6) is 0.860. The van der Waals surface area contributed by atoms with Gasteiger partial charge in [0.25, 0.3) is 0 Å². The highest BCUT2D eigenvalue weighted by molar-refractivity contribution is 5.75. The van der Waals surface area contributed by atoms with Gasteiger partial charge in [-0.05, 0) is 25.1 Å². The van der Waals surface area contributed by atoms with Gasteiger partial charge in [-0.25, -0.2) is 9.78 Å². The summed E-state index contributed by atoms with van der Waals surface area (Å²) in [6.07, 6.45) is 2.64. The second kappa shape index (κ2) is 6.71. The molecule has 0 spiro atoms. The van der Waals surface area contributed by atoms with E-state index in [1.165, 1.54) is 5.69 Å². The minimum absolute atomic E-state index is 0.0668. The van der Waals surface area contributed by atoms with Gasteiger partial charge in [-0.3, -0.25) is 0 Å². The maximum atomic E-state index is 12.9. The standard InChI is InChI=1S/C22H22N4O2/c1-15-7-8-21-17(11-15)19(13-28-21)24-22(27)25-10-9-20-18(12-25)23-14-26(20)16-5-3-2-4-6-16/h2-8,11,14,19H,9-10,12-13H2,1H3,(H,24,27). The molecule has 6 nitrogen and oxygen atoms in total. The lowest BCUT2D eigenvalue weighted by Gasteiger charge is -2.28. The number of benzene rings is 2. The third-order valence-corrected chi connectivity index (χ3v) is 5.48. The first-order valence-electron chi connectivity index (χ1n) is 9.58. The number of para-hydroxylation sites is 1. The highest BCUT2D eigenvalue weighted by Crippen LogP contribution is 2.33. The van der Waals surface area contributed by atoms with Crippen LogP contribution in [0.5, 0.6) is 5.75 Å². The number of carbonyl (C=O) groups excluding carboxylic acids is 1. The van der Waals surface area contributed by atoms with Gasteiger partial charge in [-0.15, -0.1) is 0 Å². The molecule has 5 rings (SSSR count). The van der Waals surface area contributed by atoms with Crippen LogP contribution in [0.4, 0.5) is 4.79 Å². The minimum Gasteiger partial charge on any atom is -0.491 e. The van der Waals surface area contributed by atoms with Gasteiger partial charge in [-0.1, -0.05) is 35.9 Å². The van der Waals surface area contributed by atoms with Gasteiger partial charge in [0.15, 0.2) is 0 Å². The number of nitrogens with one attached hydrogen (secondary N) is 1. The number of imidazole rings is 1. The number of aromatic nitrogens is 2. The molecule has 0 fully saturated rings. The van der Waals surface area contributed by atoms with Crippen LogP contribution in [0.25, 0.3) is 5.69 Å². The normalized spacial score (nSPS) is 17.6. The van der Waals surface area contributed by atoms with Gasteiger partial charge >= 0.3 is 6.03 Å². The summed E-state index contributed by atoms with van der Waals surface area (Å²) in [7, 11) is 0. The molecule has 1 aromatic heterocycles. The second-order valence-electron chi connectivity index (χ2n) is 7.37. The van der Waals surface area contributed by atoms with Crippen LogP contribution in [0.1, 0.15) is 28.6 Å². The van der Waals surface area contributed by atoms with Crippen molar-refractivity contribution in [2.24, 2.45) is 0 Å². The lowest BCUT2D eigenvalue weighted by molar-refractivity contribution is 0.184. The molecule has 2 aliphatic heterocycles. The van der Waals surface area contributed by atoms with Crippen LogP contribution >= 0.6 is 0 Å². The molecule has 28 heavy (non-hydrogen) atoms. The van der Waals surface area contributed by atoms with Gasteiger partial charge < -0.3 is 19.5 Å². The Kier molecular flexibility index (Phi) is 4.04. The fraction of sp³-hybridized carbons (Fsp3) is 0.273. The van der Waals surface area contributed by atoms with E-state index in [-0.39, 0.29) is 12.1 Å². The largest absolute Gasteiger partial charge is 0.491 e. The molecule has 1 N–H and O–H groups in total. The van der Waals surface area contributed by atoms with E-state index in [0.29, 0.717) is 19.7 Å². The van der Waals surface area contributed by atoms with Crippen molar-refractivity contribution in [3.05, 3.63) is 77.4 Å². The first-order valence-corrected chi connectivity index (χ1v) is 9.58. The van der Waals surface area contributed by atoms with E-state index < -0.39 is 0 Å². The Morgan fingerprint density at radius 2 is 2.07 bits per heavy atom. The number of hydrogen-bond acceptors (Lipinski definition) is 3. The smallest absolute Gasteiger partial charge is 0.318 e. The number of fused-ring (bicyclic) bond motifs is 2. The van der Waals surface area contributed by atoms with E-state index >= 15 is 0 Å². The molecule has 2 aliphatic rings. The molecule has 0 bridgehead atoms. The Morgan fingerprint density at radius 3 is 2.93 bits per heavy atom. The first-order chi connectivity index (χ1) is 13.7. The van der Waals surface area contributed by atoms with E-state index in [2.05, 4.69) is 33.1 Å². The Hall–Kier alpha value is -3.28. The van der Waals surface area contributed by atoms with Gasteiger partial charge in [0, 0.05) is 29.9 Å². The zero-order valence-electron chi connectivity index (χ0n) is 15.8. The molecule has 1 unspecified atom stereocenters. The maximum absolute atomic E-state index is 12.9. The second-order valence-corrected chi connectivity index (χ2v) is 7.37. The highest BCUT2D eigenvalue weighted by atomic mass is 16.5. The molecule has 6 heteroatoms. The van der Waals surface area contributed by atoms with E-state index in [9.17, 15) is 4.79 Å². The predicted octanol–water partition coefficient (Wildman–Crippen LogP) is 3.38. The van der Waals surface area contributed by atoms with E-state index in [4.69, 9.17) is 4.74 Å². The zero-order valence-corrected chi connectivity index (χ0v) is 15.8. The Balaban J connectivity index is 1.30. The lowest BCUT2D eigenvalue weighted by atomic mass is 10.1. The van der Waals surface area contributed by atoms with Crippen LogP contribution < -0.4 is 10.1 Å². The van der Waals surface area contributed by atoms with Crippen molar-refractivity contribution in [1.29, 1.82) is 0 Å². The summed E-state index contributed by atoms with van der Waals surface area (Å²) in [4.78, 5) is 19.3. The third-order valence-electron chi connectivity index (χ3n) is 5.48. The van der Waals surface area contributed by atoms with Crippen LogP contribution in [-0.4, -0.2) is 33.6 Å². The third kappa shape index (κ3) is 2.91. The van der Waals surface area contributed by atoms with Crippen molar-refractivity contribution in [2.75, 3.05) is 13.2 Å². The number of carbonyl (C=O) groups is 1. The fourth-order valence-electron chi connectivity index (χ4n) is 3.99. The number of amides is 2. The van der Waals surface area contributed by atoms with Crippen molar-refractivity contribution in [1.82, 2.24) is 19.8 Å². The van der Waals surface area contributed by atoms with Crippen LogP contribution in [0, 0.1) is 6.92 Å². The van der Waals surface area contributed by atoms with Gasteiger partial charge in [0.1, 0.15) is 12.4 Å². The van der Waals surface area contributed by atoms with Crippen LogP contribution in [0.2, 0.25) is 0 Å². The number of rotatable bonds is 2. The Morgan fingerprint density at radius 1 is 1.21 bits per heavy atom. The summed E-state index contributed by atoms with van der Waals surface area (Å²) in [5.41, 5.74) is 5.46. The monoisotopic (exact) mass is 374 g/mol. The SMILES string of the molecule is Cc1ccc2c(c1)C(NC(=O)N1CCc3c(ncn3-c3ccccc3)C1)CO2. The number of nitrogens with zero attached hydrogens (tertiary/aromatic N) is 3. The van der Waals surface area contributed by atoms with Gasteiger partial charge in [-0.2, -0.15) is 0 Å². The van der Waals surface area contributed by atoms with Crippen LogP contribution in [0.3, 0.4) is 0 Å². The average molecular weight is 374 g/mol. The fourth-order valence-corrected chi connectivity index (χ4v) is 3.99. The molecule has 0 radical (unpaired) electrons. The summed E-state index contributed by atoms with van der Waals surface area (Å²) in [6, 6.07) is 16.1. The predicted molar refractivity (Wildman–Crippen MR) is 106 cm³/mol. The van der Waals surface area contributed by atoms with E-state index in [0.717, 1.165) is 34.7 Å². The van der Waals surface area contributed by atoms with Gasteiger partial charge in [0.05, 0.1) is 24.6 Å². The number of ether oxygens (including phenoxy) is 1. The molecule has 3 aromatic rings. The maximum Gasteiger partial charge on any atom is 0.318 e. The topological polar surface area (TPSA) is 59.4 Å². The number of aryl methyl sites for hydroxylation is 1. The van der Waals surface area contributed by atoms with Crippen molar-refractivity contribution >= 4 is 6.03 Å². The molecule has 2 amide bonds. The molecule has 0 saturated carbocycles. The summed E-state index contributed by atoms with van der Waals surface area (Å²) < 4.78 is 7.83. The van der Waals surface area contributed by atoms with Crippen LogP contribution in [-0.2, 0) is 13.0 Å². The molecule has 142 valence electrons. The molecular weight excluding hydrogens is 352 g/mol. The zero-order chi connectivity index (χ0) is 19.1. The van der Waals surface area contributed by atoms with Crippen molar-refractivity contribution < 1.29 is 9.53 Å². The quantitative estimate of drug-likeness (QED) is 0.748. The average Bonchev–Trinajstić information content (AvgIpc) is 3.32. The van der Waals surface area contributed by atoms with Gasteiger partial charge in [0.2, 0.25) is 0 Å². The summed E-state index contributed by atoms with van der Waals surface area (Å²) in [5, 5.41) is 3.13. The molecule has 0 aliphatic carbocycles. The Labute approximate surface area is 163 Å². The van der Waals surface area contributed by atoms with Crippen molar-refractivity contribution in [3.8, 4) is 11.4 Å². The van der Waals surface area contributed by atoms with E-state index in [1.807, 2.05) is 48.5 Å². The molecule has 3 heterocycles. The van der Waals surface area contributed by atoms with Crippen molar-refractivity contribution in [2.45, 2.75) is 25.9 Å². The van der Waals surface area contributed by atoms with E-state index in [1.54, 1.807) is 0 Å². The number of hydrogen-bond donors (Lipinski definition) is 1. The number of urea groups is 1. The lowest BCUT2D eigenvalue weighted by Crippen LogP contribution is -2.44. The summed E-state index contributed by atoms with van der Waals surface area (Å²) in [6.45, 7) is 3.72. The molecule has 1 atom stereocenters. The molecular formula is C22H22N4O2. The minimum atomic E-state index is -0.106. The Bertz CT molecular complexity index is 1030. The highest BCUT2D eigenvalue weighted by Gasteiger charge is 2.30.